The molecule has 0 atom stereocenters. The highest BCUT2D eigenvalue weighted by atomic mass is 32.2. The summed E-state index contributed by atoms with van der Waals surface area (Å²) >= 11 is 0. The molecule has 0 aromatic carbocycles. The van der Waals surface area contributed by atoms with Gasteiger partial charge in [0.1, 0.15) is 5.76 Å². The largest absolute Gasteiger partial charge is 0.447 e. The Balaban J connectivity index is 1.96. The van der Waals surface area contributed by atoms with E-state index in [0.717, 1.165) is 0 Å². The topological polar surface area (TPSA) is 83.8 Å². The summed E-state index contributed by atoms with van der Waals surface area (Å²) in [7, 11) is -1.87. The van der Waals surface area contributed by atoms with E-state index in [1.165, 1.54) is 10.4 Å². The molecule has 8 heteroatoms. The highest BCUT2D eigenvalue weighted by molar-refractivity contribution is 7.89. The van der Waals surface area contributed by atoms with Crippen molar-refractivity contribution in [2.75, 3.05) is 46.4 Å². The molecule has 0 radical (unpaired) electrons. The smallest absolute Gasteiger partial charge is 0.276 e. The fourth-order valence-electron chi connectivity index (χ4n) is 1.99. The number of nitrogens with zero attached hydrogens (tertiary/aromatic N) is 1. The molecule has 1 aliphatic rings. The quantitative estimate of drug-likeness (QED) is 0.668. The third kappa shape index (κ3) is 3.80. The summed E-state index contributed by atoms with van der Waals surface area (Å²) in [5, 5.41) is 6.25. The Hall–Kier alpha value is -0.930. The minimum Gasteiger partial charge on any atom is -0.447 e. The molecule has 0 bridgehead atoms. The Morgan fingerprint density at radius 1 is 1.40 bits per heavy atom. The van der Waals surface area contributed by atoms with Crippen LogP contribution >= 0.6 is 0 Å². The van der Waals surface area contributed by atoms with Gasteiger partial charge in [0.05, 0.1) is 13.2 Å². The van der Waals surface area contributed by atoms with E-state index >= 15 is 0 Å². The highest BCUT2D eigenvalue weighted by Gasteiger charge is 2.28. The second-order valence-electron chi connectivity index (χ2n) is 4.54. The Morgan fingerprint density at radius 2 is 2.15 bits per heavy atom. The average Bonchev–Trinajstić information content (AvgIpc) is 2.94. The average molecular weight is 303 g/mol. The van der Waals surface area contributed by atoms with Crippen LogP contribution in [0.4, 0.5) is 0 Å². The van der Waals surface area contributed by atoms with Gasteiger partial charge in [-0.1, -0.05) is 0 Å². The zero-order valence-corrected chi connectivity index (χ0v) is 12.4. The third-order valence-corrected chi connectivity index (χ3v) is 4.86. The summed E-state index contributed by atoms with van der Waals surface area (Å²) < 4.78 is 36.5. The zero-order chi connectivity index (χ0) is 14.4. The number of hydrogen-bond acceptors (Lipinski definition) is 6. The van der Waals surface area contributed by atoms with Crippen LogP contribution in [-0.4, -0.2) is 59.2 Å². The van der Waals surface area contributed by atoms with Crippen LogP contribution in [0, 0.1) is 0 Å². The standard InChI is InChI=1S/C12H21N3O4S/c1-18-9-6-14-10-11-2-3-12(19-11)20(16,17)15-7-4-13-5-8-15/h2-3,13-14H,4-10H2,1H3. The minimum atomic E-state index is -3.50. The Morgan fingerprint density at radius 3 is 2.85 bits per heavy atom. The van der Waals surface area contributed by atoms with Crippen molar-refractivity contribution < 1.29 is 17.6 Å². The molecule has 0 spiro atoms. The van der Waals surface area contributed by atoms with Crippen molar-refractivity contribution in [3.05, 3.63) is 17.9 Å². The van der Waals surface area contributed by atoms with Crippen molar-refractivity contribution in [1.29, 1.82) is 0 Å². The van der Waals surface area contributed by atoms with Crippen LogP contribution < -0.4 is 10.6 Å². The first-order valence-corrected chi connectivity index (χ1v) is 8.08. The number of rotatable bonds is 7. The monoisotopic (exact) mass is 303 g/mol. The molecule has 20 heavy (non-hydrogen) atoms. The van der Waals surface area contributed by atoms with Crippen molar-refractivity contribution in [3.63, 3.8) is 0 Å². The first-order chi connectivity index (χ1) is 9.64. The van der Waals surface area contributed by atoms with Crippen molar-refractivity contribution >= 4 is 10.0 Å². The first kappa shape index (κ1) is 15.5. The number of sulfonamides is 1. The lowest BCUT2D eigenvalue weighted by molar-refractivity contribution is 0.198. The van der Waals surface area contributed by atoms with E-state index in [1.54, 1.807) is 13.2 Å². The van der Waals surface area contributed by atoms with E-state index in [2.05, 4.69) is 10.6 Å². The summed E-state index contributed by atoms with van der Waals surface area (Å²) in [5.41, 5.74) is 0. The van der Waals surface area contributed by atoms with Gasteiger partial charge < -0.3 is 19.8 Å². The van der Waals surface area contributed by atoms with Gasteiger partial charge in [-0.3, -0.25) is 0 Å². The van der Waals surface area contributed by atoms with Crippen LogP contribution in [0.5, 0.6) is 0 Å². The molecule has 1 aliphatic heterocycles. The molecule has 1 fully saturated rings. The van der Waals surface area contributed by atoms with Crippen molar-refractivity contribution in [3.8, 4) is 0 Å². The second kappa shape index (κ2) is 7.19. The van der Waals surface area contributed by atoms with Gasteiger partial charge >= 0.3 is 0 Å². The van der Waals surface area contributed by atoms with Crippen LogP contribution in [0.25, 0.3) is 0 Å². The fraction of sp³-hybridized carbons (Fsp3) is 0.667. The fourth-order valence-corrected chi connectivity index (χ4v) is 3.36. The molecular formula is C12H21N3O4S. The molecule has 7 nitrogen and oxygen atoms in total. The van der Waals surface area contributed by atoms with E-state index in [9.17, 15) is 8.42 Å². The molecule has 2 N–H and O–H groups in total. The van der Waals surface area contributed by atoms with Crippen molar-refractivity contribution in [2.24, 2.45) is 0 Å². The maximum atomic E-state index is 12.3. The normalized spacial score (nSPS) is 17.4. The number of methoxy groups -OCH3 is 1. The van der Waals surface area contributed by atoms with E-state index in [1.807, 2.05) is 0 Å². The molecule has 2 rings (SSSR count). The van der Waals surface area contributed by atoms with Crippen LogP contribution in [0.2, 0.25) is 0 Å². The SMILES string of the molecule is COCCNCc1ccc(S(=O)(=O)N2CCNCC2)o1. The maximum Gasteiger partial charge on any atom is 0.276 e. The van der Waals surface area contributed by atoms with E-state index in [-0.39, 0.29) is 5.09 Å². The lowest BCUT2D eigenvalue weighted by Gasteiger charge is -2.25. The summed E-state index contributed by atoms with van der Waals surface area (Å²) in [6, 6.07) is 3.21. The predicted molar refractivity (Wildman–Crippen MR) is 73.9 cm³/mol. The van der Waals surface area contributed by atoms with Gasteiger partial charge in [0.2, 0.25) is 5.09 Å². The van der Waals surface area contributed by atoms with Gasteiger partial charge in [-0.05, 0) is 12.1 Å². The van der Waals surface area contributed by atoms with Gasteiger partial charge in [0, 0.05) is 39.8 Å². The molecule has 0 aliphatic carbocycles. The second-order valence-corrected chi connectivity index (χ2v) is 6.41. The lowest BCUT2D eigenvalue weighted by Crippen LogP contribution is -2.46. The number of nitrogens with one attached hydrogen (secondary N) is 2. The Labute approximate surface area is 119 Å². The number of furan rings is 1. The summed E-state index contributed by atoms with van der Waals surface area (Å²) in [4.78, 5) is 0. The van der Waals surface area contributed by atoms with Crippen LogP contribution in [-0.2, 0) is 21.3 Å². The van der Waals surface area contributed by atoms with Gasteiger partial charge in [-0.25, -0.2) is 8.42 Å². The molecule has 1 aromatic rings. The molecular weight excluding hydrogens is 282 g/mol. The number of piperazine rings is 1. The minimum absolute atomic E-state index is 0.0166. The summed E-state index contributed by atoms with van der Waals surface area (Å²) in [6.45, 7) is 4.08. The van der Waals surface area contributed by atoms with Crippen molar-refractivity contribution in [2.45, 2.75) is 11.6 Å². The molecule has 114 valence electrons. The van der Waals surface area contributed by atoms with Gasteiger partial charge in [0.15, 0.2) is 0 Å². The molecule has 2 heterocycles. The third-order valence-electron chi connectivity index (χ3n) is 3.09. The number of ether oxygens (including phenoxy) is 1. The van der Waals surface area contributed by atoms with Crippen molar-refractivity contribution in [1.82, 2.24) is 14.9 Å². The Bertz CT molecular complexity index is 509. The van der Waals surface area contributed by atoms with E-state index in [4.69, 9.17) is 9.15 Å². The van der Waals surface area contributed by atoms with E-state index in [0.29, 0.717) is 51.6 Å². The molecule has 1 saturated heterocycles. The maximum absolute atomic E-state index is 12.3. The van der Waals surface area contributed by atoms with Gasteiger partial charge in [0.25, 0.3) is 10.0 Å². The van der Waals surface area contributed by atoms with Gasteiger partial charge in [-0.2, -0.15) is 4.31 Å². The van der Waals surface area contributed by atoms with Crippen LogP contribution in [0.15, 0.2) is 21.6 Å². The highest BCUT2D eigenvalue weighted by Crippen LogP contribution is 2.19. The molecule has 0 unspecified atom stereocenters. The predicted octanol–water partition coefficient (Wildman–Crippen LogP) is -0.390. The first-order valence-electron chi connectivity index (χ1n) is 6.64. The van der Waals surface area contributed by atoms with Crippen LogP contribution in [0.1, 0.15) is 5.76 Å². The number of hydrogen-bond donors (Lipinski definition) is 2. The van der Waals surface area contributed by atoms with Gasteiger partial charge in [-0.15, -0.1) is 0 Å². The lowest BCUT2D eigenvalue weighted by atomic mass is 10.4. The summed E-state index contributed by atoms with van der Waals surface area (Å²) in [6.07, 6.45) is 0. The zero-order valence-electron chi connectivity index (χ0n) is 11.6. The Kier molecular flexibility index (Phi) is 5.55. The molecule has 1 aromatic heterocycles. The van der Waals surface area contributed by atoms with Crippen LogP contribution in [0.3, 0.4) is 0 Å². The summed E-state index contributed by atoms with van der Waals surface area (Å²) in [5.74, 6) is 0.606. The van der Waals surface area contributed by atoms with E-state index < -0.39 is 10.0 Å². The molecule has 0 amide bonds. The molecule has 0 saturated carbocycles.